The Labute approximate surface area is 74.8 Å². The standard InChI is InChI=1S/C7H11N3OS/c1-5(8)7(11)10-3-6-2-9-4-12-6/h2,4-5H,3,8H2,1H3,(H,10,11)/t5-/m0/s1. The normalized spacial score (nSPS) is 12.5. The molecule has 0 aliphatic carbocycles. The molecule has 3 N–H and O–H groups in total. The Bertz CT molecular complexity index is 245. The molecule has 1 aromatic heterocycles. The van der Waals surface area contributed by atoms with Gasteiger partial charge in [-0.25, -0.2) is 0 Å². The molecular formula is C7H11N3OS. The molecule has 1 heterocycles. The maximum atomic E-state index is 11.0. The van der Waals surface area contributed by atoms with Crippen molar-refractivity contribution in [1.29, 1.82) is 0 Å². The third-order valence-corrected chi connectivity index (χ3v) is 2.11. The summed E-state index contributed by atoms with van der Waals surface area (Å²) >= 11 is 1.51. The zero-order valence-electron chi connectivity index (χ0n) is 6.78. The Morgan fingerprint density at radius 2 is 2.67 bits per heavy atom. The van der Waals surface area contributed by atoms with E-state index in [1.165, 1.54) is 11.3 Å². The van der Waals surface area contributed by atoms with Gasteiger partial charge < -0.3 is 11.1 Å². The fourth-order valence-electron chi connectivity index (χ4n) is 0.665. The number of carbonyl (C=O) groups is 1. The monoisotopic (exact) mass is 185 g/mol. The van der Waals surface area contributed by atoms with Crippen LogP contribution < -0.4 is 11.1 Å². The molecule has 12 heavy (non-hydrogen) atoms. The molecule has 1 aromatic rings. The minimum Gasteiger partial charge on any atom is -0.350 e. The van der Waals surface area contributed by atoms with E-state index in [1.807, 2.05) is 0 Å². The van der Waals surface area contributed by atoms with Crippen molar-refractivity contribution in [2.24, 2.45) is 5.73 Å². The summed E-state index contributed by atoms with van der Waals surface area (Å²) in [4.78, 5) is 15.9. The Kier molecular flexibility index (Phi) is 3.19. The molecule has 4 nitrogen and oxygen atoms in total. The van der Waals surface area contributed by atoms with E-state index in [4.69, 9.17) is 5.73 Å². The number of hydrogen-bond acceptors (Lipinski definition) is 4. The first-order chi connectivity index (χ1) is 5.70. The van der Waals surface area contributed by atoms with Crippen molar-refractivity contribution < 1.29 is 4.79 Å². The topological polar surface area (TPSA) is 68.0 Å². The van der Waals surface area contributed by atoms with Crippen LogP contribution in [0.4, 0.5) is 0 Å². The van der Waals surface area contributed by atoms with Gasteiger partial charge in [-0.1, -0.05) is 0 Å². The van der Waals surface area contributed by atoms with E-state index in [0.717, 1.165) is 4.88 Å². The summed E-state index contributed by atoms with van der Waals surface area (Å²) in [7, 11) is 0. The molecule has 0 bridgehead atoms. The molecule has 5 heteroatoms. The van der Waals surface area contributed by atoms with Crippen molar-refractivity contribution in [1.82, 2.24) is 10.3 Å². The van der Waals surface area contributed by atoms with Crippen LogP contribution in [0, 0.1) is 0 Å². The highest BCUT2D eigenvalue weighted by atomic mass is 32.1. The number of aromatic nitrogens is 1. The predicted molar refractivity (Wildman–Crippen MR) is 47.6 cm³/mol. The van der Waals surface area contributed by atoms with Gasteiger partial charge in [0.05, 0.1) is 18.1 Å². The first-order valence-corrected chi connectivity index (χ1v) is 4.49. The highest BCUT2D eigenvalue weighted by Crippen LogP contribution is 2.03. The van der Waals surface area contributed by atoms with Gasteiger partial charge in [-0.3, -0.25) is 9.78 Å². The smallest absolute Gasteiger partial charge is 0.236 e. The van der Waals surface area contributed by atoms with Gasteiger partial charge >= 0.3 is 0 Å². The van der Waals surface area contributed by atoms with Crippen LogP contribution in [0.2, 0.25) is 0 Å². The predicted octanol–water partition coefficient (Wildman–Crippen LogP) is 0.107. The van der Waals surface area contributed by atoms with Gasteiger partial charge in [0.1, 0.15) is 0 Å². The minimum absolute atomic E-state index is 0.136. The molecule has 0 aliphatic rings. The summed E-state index contributed by atoms with van der Waals surface area (Å²) in [6.45, 7) is 2.17. The first-order valence-electron chi connectivity index (χ1n) is 3.61. The summed E-state index contributed by atoms with van der Waals surface area (Å²) in [6, 6.07) is -0.446. The third-order valence-electron chi connectivity index (χ3n) is 1.33. The zero-order valence-corrected chi connectivity index (χ0v) is 7.60. The number of hydrogen-bond donors (Lipinski definition) is 2. The van der Waals surface area contributed by atoms with E-state index >= 15 is 0 Å². The molecule has 1 rings (SSSR count). The summed E-state index contributed by atoms with van der Waals surface area (Å²) in [5.74, 6) is -0.136. The second-order valence-corrected chi connectivity index (χ2v) is 3.45. The van der Waals surface area contributed by atoms with Gasteiger partial charge in [0.25, 0.3) is 0 Å². The number of carbonyl (C=O) groups excluding carboxylic acids is 1. The van der Waals surface area contributed by atoms with Gasteiger partial charge in [-0.15, -0.1) is 11.3 Å². The highest BCUT2D eigenvalue weighted by Gasteiger charge is 2.05. The number of amides is 1. The fourth-order valence-corrected chi connectivity index (χ4v) is 1.20. The van der Waals surface area contributed by atoms with Gasteiger partial charge in [0, 0.05) is 11.1 Å². The van der Waals surface area contributed by atoms with Gasteiger partial charge in [-0.2, -0.15) is 0 Å². The van der Waals surface area contributed by atoms with Crippen LogP contribution in [0.25, 0.3) is 0 Å². The lowest BCUT2D eigenvalue weighted by Crippen LogP contribution is -2.37. The number of nitrogens with one attached hydrogen (secondary N) is 1. The van der Waals surface area contributed by atoms with E-state index in [2.05, 4.69) is 10.3 Å². The van der Waals surface area contributed by atoms with E-state index in [9.17, 15) is 4.79 Å². The zero-order chi connectivity index (χ0) is 8.97. The quantitative estimate of drug-likeness (QED) is 0.702. The van der Waals surface area contributed by atoms with Crippen molar-refractivity contribution in [3.05, 3.63) is 16.6 Å². The second-order valence-electron chi connectivity index (χ2n) is 2.47. The van der Waals surface area contributed by atoms with Gasteiger partial charge in [-0.05, 0) is 6.92 Å². The molecular weight excluding hydrogens is 174 g/mol. The Morgan fingerprint density at radius 1 is 1.92 bits per heavy atom. The first kappa shape index (κ1) is 9.15. The minimum atomic E-state index is -0.446. The summed E-state index contributed by atoms with van der Waals surface area (Å²) < 4.78 is 0. The number of nitrogens with two attached hydrogens (primary N) is 1. The van der Waals surface area contributed by atoms with Crippen LogP contribution in [-0.2, 0) is 11.3 Å². The molecule has 0 aliphatic heterocycles. The molecule has 0 saturated carbocycles. The molecule has 1 amide bonds. The molecule has 0 saturated heterocycles. The molecule has 0 aromatic carbocycles. The number of nitrogens with zero attached hydrogens (tertiary/aromatic N) is 1. The third kappa shape index (κ3) is 2.60. The molecule has 0 radical (unpaired) electrons. The van der Waals surface area contributed by atoms with Crippen LogP contribution in [0.3, 0.4) is 0 Å². The van der Waals surface area contributed by atoms with Crippen LogP contribution >= 0.6 is 11.3 Å². The molecule has 1 atom stereocenters. The highest BCUT2D eigenvalue weighted by molar-refractivity contribution is 7.09. The molecule has 66 valence electrons. The van der Waals surface area contributed by atoms with Crippen LogP contribution in [0.5, 0.6) is 0 Å². The number of rotatable bonds is 3. The fraction of sp³-hybridized carbons (Fsp3) is 0.429. The largest absolute Gasteiger partial charge is 0.350 e. The molecule has 0 unspecified atom stereocenters. The number of thiazole rings is 1. The lowest BCUT2D eigenvalue weighted by Gasteiger charge is -2.04. The van der Waals surface area contributed by atoms with E-state index in [0.29, 0.717) is 6.54 Å². The van der Waals surface area contributed by atoms with Crippen molar-refractivity contribution in [2.75, 3.05) is 0 Å². The summed E-state index contributed by atoms with van der Waals surface area (Å²) in [5, 5.41) is 2.69. The van der Waals surface area contributed by atoms with E-state index < -0.39 is 6.04 Å². The van der Waals surface area contributed by atoms with Crippen LogP contribution in [0.15, 0.2) is 11.7 Å². The van der Waals surface area contributed by atoms with E-state index in [-0.39, 0.29) is 5.91 Å². The summed E-state index contributed by atoms with van der Waals surface area (Å²) in [6.07, 6.45) is 1.73. The lowest BCUT2D eigenvalue weighted by molar-refractivity contribution is -0.122. The van der Waals surface area contributed by atoms with Crippen molar-refractivity contribution in [3.8, 4) is 0 Å². The van der Waals surface area contributed by atoms with Crippen LogP contribution in [0.1, 0.15) is 11.8 Å². The summed E-state index contributed by atoms with van der Waals surface area (Å²) in [5.41, 5.74) is 7.08. The van der Waals surface area contributed by atoms with Crippen LogP contribution in [-0.4, -0.2) is 16.9 Å². The maximum Gasteiger partial charge on any atom is 0.236 e. The maximum absolute atomic E-state index is 11.0. The lowest BCUT2D eigenvalue weighted by atomic mass is 10.3. The van der Waals surface area contributed by atoms with Crippen molar-refractivity contribution in [2.45, 2.75) is 19.5 Å². The molecule has 0 spiro atoms. The average molecular weight is 185 g/mol. The SMILES string of the molecule is C[C@H](N)C(=O)NCc1cncs1. The Morgan fingerprint density at radius 3 is 3.17 bits per heavy atom. The van der Waals surface area contributed by atoms with Gasteiger partial charge in [0.15, 0.2) is 0 Å². The average Bonchev–Trinajstić information content (AvgIpc) is 2.51. The van der Waals surface area contributed by atoms with Crippen molar-refractivity contribution in [3.63, 3.8) is 0 Å². The van der Waals surface area contributed by atoms with E-state index in [1.54, 1.807) is 18.6 Å². The van der Waals surface area contributed by atoms with Crippen molar-refractivity contribution >= 4 is 17.2 Å². The molecule has 0 fully saturated rings. The van der Waals surface area contributed by atoms with Gasteiger partial charge in [0.2, 0.25) is 5.91 Å². The second kappa shape index (κ2) is 4.18. The Hall–Kier alpha value is -0.940. The Balaban J connectivity index is 2.32.